The minimum Gasteiger partial charge on any atom is -0.343 e. The third kappa shape index (κ3) is 4.37. The largest absolute Gasteiger partial charge is 0.343 e. The number of nitrogens with one attached hydrogen (secondary N) is 1. The molecule has 0 bridgehead atoms. The molecular weight excluding hydrogens is 380 g/mol. The van der Waals surface area contributed by atoms with Crippen LogP contribution in [0.15, 0.2) is 53.1 Å². The van der Waals surface area contributed by atoms with Crippen LogP contribution >= 0.6 is 0 Å². The van der Waals surface area contributed by atoms with Gasteiger partial charge in [0.1, 0.15) is 0 Å². The van der Waals surface area contributed by atoms with Crippen molar-refractivity contribution in [2.45, 2.75) is 13.5 Å². The maximum atomic E-state index is 12.6. The number of benzene rings is 2. The van der Waals surface area contributed by atoms with E-state index >= 15 is 0 Å². The van der Waals surface area contributed by atoms with E-state index in [-0.39, 0.29) is 23.7 Å². The van der Waals surface area contributed by atoms with Gasteiger partial charge in [0.25, 0.3) is 5.91 Å². The molecule has 0 atom stereocenters. The molecule has 1 amide bonds. The lowest BCUT2D eigenvalue weighted by Crippen LogP contribution is -2.29. The summed E-state index contributed by atoms with van der Waals surface area (Å²) in [6.45, 7) is 1.99. The third-order valence-corrected chi connectivity index (χ3v) is 5.32. The van der Waals surface area contributed by atoms with Crippen molar-refractivity contribution in [2.24, 2.45) is 0 Å². The van der Waals surface area contributed by atoms with Gasteiger partial charge < -0.3 is 9.84 Å². The van der Waals surface area contributed by atoms with E-state index in [1.165, 1.54) is 7.05 Å². The van der Waals surface area contributed by atoms with Crippen molar-refractivity contribution in [1.29, 1.82) is 0 Å². The number of nitrogens with zero attached hydrogens (tertiary/aromatic N) is 3. The molecule has 9 heteroatoms. The predicted octanol–water partition coefficient (Wildman–Crippen LogP) is 2.37. The van der Waals surface area contributed by atoms with Crippen LogP contribution in [0.4, 0.5) is 5.69 Å². The highest BCUT2D eigenvalue weighted by Crippen LogP contribution is 2.21. The van der Waals surface area contributed by atoms with Crippen molar-refractivity contribution >= 4 is 21.6 Å². The van der Waals surface area contributed by atoms with Crippen LogP contribution in [0, 0.1) is 6.92 Å². The van der Waals surface area contributed by atoms with Crippen molar-refractivity contribution in [3.63, 3.8) is 0 Å². The van der Waals surface area contributed by atoms with E-state index in [1.807, 2.05) is 31.2 Å². The zero-order chi connectivity index (χ0) is 20.3. The molecule has 0 fully saturated rings. The maximum Gasteiger partial charge on any atom is 0.253 e. The summed E-state index contributed by atoms with van der Waals surface area (Å²) in [4.78, 5) is 16.9. The predicted molar refractivity (Wildman–Crippen MR) is 105 cm³/mol. The summed E-state index contributed by atoms with van der Waals surface area (Å²) in [6, 6.07) is 14.1. The SMILES string of the molecule is Cc1cccc(-c2noc(CNC(=O)c3ccccc3N(C)S(C)(=O)=O)n2)c1. The first-order valence-electron chi connectivity index (χ1n) is 8.46. The van der Waals surface area contributed by atoms with Crippen LogP contribution in [0.2, 0.25) is 0 Å². The molecule has 146 valence electrons. The molecule has 1 heterocycles. The lowest BCUT2D eigenvalue weighted by molar-refractivity contribution is 0.0947. The Balaban J connectivity index is 1.74. The number of carbonyl (C=O) groups is 1. The van der Waals surface area contributed by atoms with Gasteiger partial charge in [0, 0.05) is 12.6 Å². The lowest BCUT2D eigenvalue weighted by atomic mass is 10.1. The standard InChI is InChI=1S/C19H20N4O4S/c1-13-7-6-8-14(11-13)18-21-17(27-22-18)12-20-19(24)15-9-4-5-10-16(15)23(2)28(3,25)26/h4-11H,12H2,1-3H3,(H,20,24). The van der Waals surface area contributed by atoms with Crippen LogP contribution < -0.4 is 9.62 Å². The summed E-state index contributed by atoms with van der Waals surface area (Å²) in [5.74, 6) is 0.241. The molecule has 3 rings (SSSR count). The number of rotatable bonds is 6. The van der Waals surface area contributed by atoms with Gasteiger partial charge in [-0.05, 0) is 25.1 Å². The Morgan fingerprint density at radius 2 is 1.93 bits per heavy atom. The summed E-state index contributed by atoms with van der Waals surface area (Å²) in [6.07, 6.45) is 1.08. The van der Waals surface area contributed by atoms with Crippen LogP contribution in [0.1, 0.15) is 21.8 Å². The van der Waals surface area contributed by atoms with Crippen molar-refractivity contribution < 1.29 is 17.7 Å². The summed E-state index contributed by atoms with van der Waals surface area (Å²) >= 11 is 0. The van der Waals surface area contributed by atoms with Gasteiger partial charge in [-0.3, -0.25) is 9.10 Å². The van der Waals surface area contributed by atoms with E-state index in [2.05, 4.69) is 15.5 Å². The maximum absolute atomic E-state index is 12.6. The molecule has 0 radical (unpaired) electrons. The fourth-order valence-corrected chi connectivity index (χ4v) is 3.11. The molecule has 2 aromatic carbocycles. The number of hydrogen-bond acceptors (Lipinski definition) is 6. The van der Waals surface area contributed by atoms with Crippen LogP contribution in [-0.2, 0) is 16.6 Å². The Labute approximate surface area is 163 Å². The Hall–Kier alpha value is -3.20. The van der Waals surface area contributed by atoms with Crippen LogP contribution in [0.5, 0.6) is 0 Å². The number of amides is 1. The van der Waals surface area contributed by atoms with Crippen molar-refractivity contribution in [3.05, 3.63) is 65.5 Å². The van der Waals surface area contributed by atoms with Crippen LogP contribution in [0.3, 0.4) is 0 Å². The molecule has 3 aromatic rings. The minimum atomic E-state index is -3.50. The van der Waals surface area contributed by atoms with E-state index < -0.39 is 15.9 Å². The average Bonchev–Trinajstić information content (AvgIpc) is 3.14. The zero-order valence-electron chi connectivity index (χ0n) is 15.7. The van der Waals surface area contributed by atoms with Gasteiger partial charge in [0.2, 0.25) is 21.7 Å². The fourth-order valence-electron chi connectivity index (χ4n) is 2.60. The number of para-hydroxylation sites is 1. The van der Waals surface area contributed by atoms with Crippen molar-refractivity contribution in [2.75, 3.05) is 17.6 Å². The Morgan fingerprint density at radius 3 is 2.64 bits per heavy atom. The molecule has 0 aliphatic heterocycles. The number of sulfonamides is 1. The van der Waals surface area contributed by atoms with E-state index in [4.69, 9.17) is 4.52 Å². The number of hydrogen-bond donors (Lipinski definition) is 1. The van der Waals surface area contributed by atoms with Gasteiger partial charge in [-0.25, -0.2) is 8.42 Å². The van der Waals surface area contributed by atoms with Gasteiger partial charge in [0.15, 0.2) is 0 Å². The van der Waals surface area contributed by atoms with E-state index in [0.29, 0.717) is 5.82 Å². The molecule has 0 saturated heterocycles. The van der Waals surface area contributed by atoms with Gasteiger partial charge in [-0.1, -0.05) is 41.1 Å². The van der Waals surface area contributed by atoms with Gasteiger partial charge >= 0.3 is 0 Å². The van der Waals surface area contributed by atoms with E-state index in [9.17, 15) is 13.2 Å². The quantitative estimate of drug-likeness (QED) is 0.681. The second-order valence-corrected chi connectivity index (χ2v) is 8.33. The monoisotopic (exact) mass is 400 g/mol. The highest BCUT2D eigenvalue weighted by Gasteiger charge is 2.20. The topological polar surface area (TPSA) is 105 Å². The minimum absolute atomic E-state index is 0.0224. The fraction of sp³-hybridized carbons (Fsp3) is 0.211. The molecular formula is C19H20N4O4S. The van der Waals surface area contributed by atoms with E-state index in [1.54, 1.807) is 24.3 Å². The first-order valence-corrected chi connectivity index (χ1v) is 10.3. The highest BCUT2D eigenvalue weighted by atomic mass is 32.2. The summed E-state index contributed by atoms with van der Waals surface area (Å²) in [7, 11) is -2.10. The molecule has 1 aromatic heterocycles. The third-order valence-electron chi connectivity index (χ3n) is 4.13. The Bertz CT molecular complexity index is 1110. The number of aromatic nitrogens is 2. The number of anilines is 1. The molecule has 8 nitrogen and oxygen atoms in total. The first kappa shape index (κ1) is 19.6. The van der Waals surface area contributed by atoms with Gasteiger partial charge in [-0.15, -0.1) is 0 Å². The number of carbonyl (C=O) groups excluding carboxylic acids is 1. The van der Waals surface area contributed by atoms with Crippen LogP contribution in [0.25, 0.3) is 11.4 Å². The normalized spacial score (nSPS) is 11.2. The molecule has 1 N–H and O–H groups in total. The molecule has 0 aliphatic rings. The molecule has 28 heavy (non-hydrogen) atoms. The Kier molecular flexibility index (Phi) is 5.46. The van der Waals surface area contributed by atoms with Crippen LogP contribution in [-0.4, -0.2) is 37.8 Å². The summed E-state index contributed by atoms with van der Waals surface area (Å²) < 4.78 is 29.9. The highest BCUT2D eigenvalue weighted by molar-refractivity contribution is 7.92. The molecule has 0 unspecified atom stereocenters. The molecule has 0 spiro atoms. The van der Waals surface area contributed by atoms with Gasteiger partial charge in [0.05, 0.1) is 24.1 Å². The number of aryl methyl sites for hydroxylation is 1. The lowest BCUT2D eigenvalue weighted by Gasteiger charge is -2.19. The van der Waals surface area contributed by atoms with Crippen molar-refractivity contribution in [3.8, 4) is 11.4 Å². The second-order valence-electron chi connectivity index (χ2n) is 6.31. The van der Waals surface area contributed by atoms with Crippen molar-refractivity contribution in [1.82, 2.24) is 15.5 Å². The van der Waals surface area contributed by atoms with Gasteiger partial charge in [-0.2, -0.15) is 4.98 Å². The summed E-state index contributed by atoms with van der Waals surface area (Å²) in [5, 5.41) is 6.61. The summed E-state index contributed by atoms with van der Waals surface area (Å²) in [5.41, 5.74) is 2.41. The van der Waals surface area contributed by atoms with E-state index in [0.717, 1.165) is 21.7 Å². The second kappa shape index (κ2) is 7.81. The smallest absolute Gasteiger partial charge is 0.253 e. The first-order chi connectivity index (χ1) is 13.3. The molecule has 0 aliphatic carbocycles. The Morgan fingerprint density at radius 1 is 1.18 bits per heavy atom. The zero-order valence-corrected chi connectivity index (χ0v) is 16.5. The average molecular weight is 400 g/mol. The molecule has 0 saturated carbocycles.